The Morgan fingerprint density at radius 2 is 2.04 bits per heavy atom. The highest BCUT2D eigenvalue weighted by molar-refractivity contribution is 9.10. The molecule has 2 N–H and O–H groups in total. The van der Waals surface area contributed by atoms with Crippen molar-refractivity contribution in [2.45, 2.75) is 13.5 Å². The third-order valence-corrected chi connectivity index (χ3v) is 4.67. The zero-order chi connectivity index (χ0) is 18.8. The number of methoxy groups -OCH3 is 1. The molecule has 6 nitrogen and oxygen atoms in total. The van der Waals surface area contributed by atoms with Crippen molar-refractivity contribution in [2.24, 2.45) is 0 Å². The Hall–Kier alpha value is -2.80. The monoisotopic (exact) mass is 416 g/mol. The first-order valence-corrected chi connectivity index (χ1v) is 8.65. The normalized spacial score (nSPS) is 15.5. The topological polar surface area (TPSA) is 78.9 Å². The van der Waals surface area contributed by atoms with E-state index in [9.17, 15) is 14.7 Å². The summed E-state index contributed by atoms with van der Waals surface area (Å²) in [5.41, 5.74) is 2.70. The van der Waals surface area contributed by atoms with Gasteiger partial charge >= 0.3 is 6.03 Å². The third-order valence-electron chi connectivity index (χ3n) is 3.98. The van der Waals surface area contributed by atoms with Crippen molar-refractivity contribution in [2.75, 3.05) is 7.11 Å². The SMILES string of the molecule is COc1cc(/C=C2/NC(=O)N(Cc3cccc(C)c3)C2=O)c(Br)cc1O. The second kappa shape index (κ2) is 7.21. The average Bonchev–Trinajstić information content (AvgIpc) is 2.85. The minimum Gasteiger partial charge on any atom is -0.504 e. The Morgan fingerprint density at radius 1 is 1.27 bits per heavy atom. The molecule has 0 bridgehead atoms. The molecular formula is C19H17BrN2O4. The van der Waals surface area contributed by atoms with Gasteiger partial charge in [0.2, 0.25) is 0 Å². The van der Waals surface area contributed by atoms with Gasteiger partial charge in [-0.15, -0.1) is 0 Å². The molecule has 3 rings (SSSR count). The van der Waals surface area contributed by atoms with Crippen LogP contribution in [-0.2, 0) is 11.3 Å². The Bertz CT molecular complexity index is 924. The summed E-state index contributed by atoms with van der Waals surface area (Å²) in [6.07, 6.45) is 1.54. The Labute approximate surface area is 159 Å². The zero-order valence-electron chi connectivity index (χ0n) is 14.2. The number of hydrogen-bond donors (Lipinski definition) is 2. The molecule has 1 saturated heterocycles. The number of halogens is 1. The maximum atomic E-state index is 12.6. The molecule has 3 amide bonds. The van der Waals surface area contributed by atoms with Crippen molar-refractivity contribution in [1.82, 2.24) is 10.2 Å². The lowest BCUT2D eigenvalue weighted by atomic mass is 10.1. The van der Waals surface area contributed by atoms with Crippen LogP contribution in [0.3, 0.4) is 0 Å². The fraction of sp³-hybridized carbons (Fsp3) is 0.158. The van der Waals surface area contributed by atoms with Gasteiger partial charge in [0, 0.05) is 4.47 Å². The van der Waals surface area contributed by atoms with Crippen LogP contribution in [0.2, 0.25) is 0 Å². The highest BCUT2D eigenvalue weighted by atomic mass is 79.9. The molecule has 1 fully saturated rings. The first-order valence-electron chi connectivity index (χ1n) is 7.85. The molecule has 2 aromatic carbocycles. The predicted molar refractivity (Wildman–Crippen MR) is 101 cm³/mol. The summed E-state index contributed by atoms with van der Waals surface area (Å²) in [6, 6.07) is 10.2. The molecule has 0 atom stereocenters. The lowest BCUT2D eigenvalue weighted by Crippen LogP contribution is -2.30. The number of aryl methyl sites for hydroxylation is 1. The fourth-order valence-electron chi connectivity index (χ4n) is 2.70. The number of carbonyl (C=O) groups is 2. The van der Waals surface area contributed by atoms with Crippen molar-refractivity contribution in [1.29, 1.82) is 0 Å². The van der Waals surface area contributed by atoms with Gasteiger partial charge in [-0.2, -0.15) is 0 Å². The molecule has 134 valence electrons. The maximum absolute atomic E-state index is 12.6. The van der Waals surface area contributed by atoms with Crippen molar-refractivity contribution in [3.63, 3.8) is 0 Å². The summed E-state index contributed by atoms with van der Waals surface area (Å²) in [7, 11) is 1.44. The summed E-state index contributed by atoms with van der Waals surface area (Å²) >= 11 is 3.33. The van der Waals surface area contributed by atoms with Crippen LogP contribution in [0.15, 0.2) is 46.6 Å². The molecule has 1 heterocycles. The number of phenols is 1. The van der Waals surface area contributed by atoms with Gasteiger partial charge in [0.05, 0.1) is 13.7 Å². The Morgan fingerprint density at radius 3 is 2.73 bits per heavy atom. The van der Waals surface area contributed by atoms with Crippen molar-refractivity contribution in [3.05, 3.63) is 63.3 Å². The number of benzene rings is 2. The number of nitrogens with one attached hydrogen (secondary N) is 1. The minimum absolute atomic E-state index is 0.0237. The van der Waals surface area contributed by atoms with Gasteiger partial charge in [-0.1, -0.05) is 45.8 Å². The smallest absolute Gasteiger partial charge is 0.329 e. The van der Waals surface area contributed by atoms with E-state index in [-0.39, 0.29) is 23.7 Å². The van der Waals surface area contributed by atoms with E-state index in [4.69, 9.17) is 4.74 Å². The summed E-state index contributed by atoms with van der Waals surface area (Å²) in [6.45, 7) is 2.15. The first-order chi connectivity index (χ1) is 12.4. The largest absolute Gasteiger partial charge is 0.504 e. The summed E-state index contributed by atoms with van der Waals surface area (Å²) in [5, 5.41) is 12.4. The molecule has 0 aliphatic carbocycles. The number of nitrogens with zero attached hydrogens (tertiary/aromatic N) is 1. The van der Waals surface area contributed by atoms with Crippen LogP contribution in [0.5, 0.6) is 11.5 Å². The van der Waals surface area contributed by atoms with E-state index in [2.05, 4.69) is 21.2 Å². The van der Waals surface area contributed by atoms with Crippen molar-refractivity contribution >= 4 is 33.9 Å². The van der Waals surface area contributed by atoms with E-state index in [0.717, 1.165) is 16.0 Å². The molecule has 0 unspecified atom stereocenters. The Balaban J connectivity index is 1.88. The van der Waals surface area contributed by atoms with Gasteiger partial charge in [0.1, 0.15) is 5.70 Å². The number of rotatable bonds is 4. The number of hydrogen-bond acceptors (Lipinski definition) is 4. The van der Waals surface area contributed by atoms with Crippen molar-refractivity contribution < 1.29 is 19.4 Å². The molecule has 1 aliphatic rings. The number of carbonyl (C=O) groups excluding carboxylic acids is 2. The van der Waals surface area contributed by atoms with Gasteiger partial charge < -0.3 is 15.2 Å². The molecule has 0 radical (unpaired) electrons. The van der Waals surface area contributed by atoms with Crippen LogP contribution in [0.25, 0.3) is 6.08 Å². The van der Waals surface area contributed by atoms with E-state index < -0.39 is 11.9 Å². The number of imide groups is 1. The molecule has 26 heavy (non-hydrogen) atoms. The van der Waals surface area contributed by atoms with E-state index in [1.165, 1.54) is 13.2 Å². The Kier molecular flexibility index (Phi) is 4.99. The van der Waals surface area contributed by atoms with Crippen LogP contribution in [0, 0.1) is 6.92 Å². The quantitative estimate of drug-likeness (QED) is 0.589. The summed E-state index contributed by atoms with van der Waals surface area (Å²) < 4.78 is 5.65. The van der Waals surface area contributed by atoms with Gasteiger partial charge in [0.15, 0.2) is 11.5 Å². The number of amides is 3. The van der Waals surface area contributed by atoms with E-state index in [1.54, 1.807) is 12.1 Å². The van der Waals surface area contributed by atoms with Crippen LogP contribution in [-0.4, -0.2) is 29.1 Å². The zero-order valence-corrected chi connectivity index (χ0v) is 15.8. The standard InChI is InChI=1S/C19H17BrN2O4/c1-11-4-3-5-12(6-11)10-22-18(24)15(21-19(22)25)7-13-8-17(26-2)16(23)9-14(13)20/h3-9,23H,10H2,1-2H3,(H,21,25)/b15-7+. The third kappa shape index (κ3) is 3.57. The fourth-order valence-corrected chi connectivity index (χ4v) is 3.14. The highest BCUT2D eigenvalue weighted by Gasteiger charge is 2.33. The van der Waals surface area contributed by atoms with E-state index in [1.807, 2.05) is 31.2 Å². The molecular weight excluding hydrogens is 400 g/mol. The van der Waals surface area contributed by atoms with Crippen molar-refractivity contribution in [3.8, 4) is 11.5 Å². The van der Waals surface area contributed by atoms with Crippen LogP contribution in [0.1, 0.15) is 16.7 Å². The van der Waals surface area contributed by atoms with Crippen LogP contribution in [0.4, 0.5) is 4.79 Å². The van der Waals surface area contributed by atoms with Gasteiger partial charge in [-0.25, -0.2) is 4.79 Å². The lowest BCUT2D eigenvalue weighted by molar-refractivity contribution is -0.123. The van der Waals surface area contributed by atoms with E-state index in [0.29, 0.717) is 10.0 Å². The van der Waals surface area contributed by atoms with Gasteiger partial charge in [-0.05, 0) is 36.3 Å². The second-order valence-electron chi connectivity index (χ2n) is 5.91. The van der Waals surface area contributed by atoms with Crippen LogP contribution >= 0.6 is 15.9 Å². The number of ether oxygens (including phenoxy) is 1. The number of phenolic OH excluding ortho intramolecular Hbond substituents is 1. The summed E-state index contributed by atoms with van der Waals surface area (Å²) in [5.74, 6) is -0.159. The highest BCUT2D eigenvalue weighted by Crippen LogP contribution is 2.33. The molecule has 2 aromatic rings. The predicted octanol–water partition coefficient (Wildman–Crippen LogP) is 3.56. The second-order valence-corrected chi connectivity index (χ2v) is 6.77. The van der Waals surface area contributed by atoms with E-state index >= 15 is 0 Å². The molecule has 0 aromatic heterocycles. The average molecular weight is 417 g/mol. The molecule has 0 saturated carbocycles. The van der Waals surface area contributed by atoms with Gasteiger partial charge in [0.25, 0.3) is 5.91 Å². The lowest BCUT2D eigenvalue weighted by Gasteiger charge is -2.12. The molecule has 1 aliphatic heterocycles. The molecule has 7 heteroatoms. The first kappa shape index (κ1) is 18.0. The number of aromatic hydroxyl groups is 1. The summed E-state index contributed by atoms with van der Waals surface area (Å²) in [4.78, 5) is 26.0. The minimum atomic E-state index is -0.468. The van der Waals surface area contributed by atoms with Gasteiger partial charge in [-0.3, -0.25) is 9.69 Å². The van der Waals surface area contributed by atoms with Crippen LogP contribution < -0.4 is 10.1 Å². The maximum Gasteiger partial charge on any atom is 0.329 e. The molecule has 0 spiro atoms. The number of urea groups is 1.